The van der Waals surface area contributed by atoms with Gasteiger partial charge in [0.15, 0.2) is 0 Å². The average Bonchev–Trinajstić information content (AvgIpc) is 2.54. The largest absolute Gasteiger partial charge is 0.495 e. The van der Waals surface area contributed by atoms with Gasteiger partial charge in [0, 0.05) is 18.2 Å². The average molecular weight is 386 g/mol. The Labute approximate surface area is 143 Å². The van der Waals surface area contributed by atoms with Crippen LogP contribution < -0.4 is 9.47 Å². The fourth-order valence-corrected chi connectivity index (χ4v) is 3.30. The molecule has 1 aliphatic heterocycles. The number of halogens is 1. The third-order valence-corrected chi connectivity index (χ3v) is 4.97. The van der Waals surface area contributed by atoms with Crippen LogP contribution >= 0.6 is 15.9 Å². The summed E-state index contributed by atoms with van der Waals surface area (Å²) in [5.41, 5.74) is 0.416. The number of piperidine rings is 1. The molecule has 126 valence electrons. The number of carboxylic acid groups (broad SMARTS) is 1. The Balaban J connectivity index is 2.33. The van der Waals surface area contributed by atoms with Crippen LogP contribution in [0.5, 0.6) is 11.5 Å². The minimum absolute atomic E-state index is 0.00117. The zero-order chi connectivity index (χ0) is 17.1. The molecule has 7 heteroatoms. The maximum atomic E-state index is 12.8. The Kier molecular flexibility index (Phi) is 5.51. The highest BCUT2D eigenvalue weighted by molar-refractivity contribution is 9.10. The van der Waals surface area contributed by atoms with Gasteiger partial charge >= 0.3 is 5.97 Å². The molecule has 0 aromatic heterocycles. The molecule has 2 atom stereocenters. The first-order chi connectivity index (χ1) is 10.9. The summed E-state index contributed by atoms with van der Waals surface area (Å²) >= 11 is 3.37. The van der Waals surface area contributed by atoms with Gasteiger partial charge in [0.25, 0.3) is 5.91 Å². The van der Waals surface area contributed by atoms with Crippen molar-refractivity contribution in [2.75, 3.05) is 20.8 Å². The van der Waals surface area contributed by atoms with E-state index in [0.29, 0.717) is 34.4 Å². The van der Waals surface area contributed by atoms with E-state index in [1.165, 1.54) is 14.2 Å². The molecule has 1 saturated heterocycles. The van der Waals surface area contributed by atoms with Gasteiger partial charge in [0.2, 0.25) is 0 Å². The van der Waals surface area contributed by atoms with E-state index in [1.54, 1.807) is 17.0 Å². The lowest BCUT2D eigenvalue weighted by atomic mass is 9.93. The predicted molar refractivity (Wildman–Crippen MR) is 88.1 cm³/mol. The van der Waals surface area contributed by atoms with Gasteiger partial charge in [-0.2, -0.15) is 0 Å². The molecule has 0 spiro atoms. The van der Waals surface area contributed by atoms with Crippen molar-refractivity contribution in [3.63, 3.8) is 0 Å². The molecular weight excluding hydrogens is 366 g/mol. The van der Waals surface area contributed by atoms with Crippen molar-refractivity contribution in [3.8, 4) is 11.5 Å². The van der Waals surface area contributed by atoms with Crippen LogP contribution in [0.1, 0.15) is 30.1 Å². The zero-order valence-corrected chi connectivity index (χ0v) is 14.9. The number of methoxy groups -OCH3 is 2. The molecule has 0 bridgehead atoms. The number of rotatable bonds is 4. The van der Waals surface area contributed by atoms with E-state index in [-0.39, 0.29) is 18.5 Å². The number of carbonyl (C=O) groups is 2. The monoisotopic (exact) mass is 385 g/mol. The maximum Gasteiger partial charge on any atom is 0.308 e. The second kappa shape index (κ2) is 7.21. The van der Waals surface area contributed by atoms with E-state index in [1.807, 2.05) is 6.92 Å². The lowest BCUT2D eigenvalue weighted by Gasteiger charge is -2.36. The summed E-state index contributed by atoms with van der Waals surface area (Å²) in [5.74, 6) is -0.609. The Hall–Kier alpha value is -1.76. The lowest BCUT2D eigenvalue weighted by Crippen LogP contribution is -2.47. The number of aliphatic carboxylic acids is 1. The molecule has 1 N–H and O–H groups in total. The normalized spacial score (nSPS) is 21.0. The molecule has 1 aliphatic rings. The highest BCUT2D eigenvalue weighted by atomic mass is 79.9. The van der Waals surface area contributed by atoms with Crippen LogP contribution in [-0.2, 0) is 4.79 Å². The molecule has 2 unspecified atom stereocenters. The molecule has 0 saturated carbocycles. The SMILES string of the molecule is COc1cc(C(=O)N2CC(C(=O)O)CCC2C)cc(OC)c1Br. The minimum Gasteiger partial charge on any atom is -0.495 e. The Morgan fingerprint density at radius 2 is 1.78 bits per heavy atom. The van der Waals surface area contributed by atoms with Crippen molar-refractivity contribution in [3.05, 3.63) is 22.2 Å². The van der Waals surface area contributed by atoms with E-state index < -0.39 is 11.9 Å². The summed E-state index contributed by atoms with van der Waals surface area (Å²) in [6.45, 7) is 2.15. The van der Waals surface area contributed by atoms with Crippen LogP contribution in [0.3, 0.4) is 0 Å². The van der Waals surface area contributed by atoms with Crippen LogP contribution in [-0.4, -0.2) is 48.7 Å². The highest BCUT2D eigenvalue weighted by Gasteiger charge is 2.33. The Bertz CT molecular complexity index is 593. The van der Waals surface area contributed by atoms with Crippen molar-refractivity contribution in [2.45, 2.75) is 25.8 Å². The molecule has 1 amide bonds. The van der Waals surface area contributed by atoms with E-state index >= 15 is 0 Å². The molecule has 0 radical (unpaired) electrons. The Morgan fingerprint density at radius 1 is 1.22 bits per heavy atom. The standard InChI is InChI=1S/C16H20BrNO5/c1-9-4-5-10(16(20)21)8-18(9)15(19)11-6-12(22-2)14(17)13(7-11)23-3/h6-7,9-10H,4-5,8H2,1-3H3,(H,20,21). The summed E-state index contributed by atoms with van der Waals surface area (Å²) in [6, 6.07) is 3.26. The van der Waals surface area contributed by atoms with Crippen LogP contribution in [0.25, 0.3) is 0 Å². The van der Waals surface area contributed by atoms with Crippen LogP contribution in [0.15, 0.2) is 16.6 Å². The van der Waals surface area contributed by atoms with Crippen molar-refractivity contribution in [2.24, 2.45) is 5.92 Å². The number of nitrogens with zero attached hydrogens (tertiary/aromatic N) is 1. The molecule has 23 heavy (non-hydrogen) atoms. The van der Waals surface area contributed by atoms with Gasteiger partial charge in [-0.3, -0.25) is 9.59 Å². The first kappa shape index (κ1) is 17.6. The fraction of sp³-hybridized carbons (Fsp3) is 0.500. The van der Waals surface area contributed by atoms with Gasteiger partial charge in [-0.05, 0) is 47.8 Å². The van der Waals surface area contributed by atoms with Gasteiger partial charge in [0.1, 0.15) is 16.0 Å². The van der Waals surface area contributed by atoms with E-state index in [2.05, 4.69) is 15.9 Å². The summed E-state index contributed by atoms with van der Waals surface area (Å²) in [7, 11) is 3.02. The van der Waals surface area contributed by atoms with E-state index in [9.17, 15) is 14.7 Å². The number of benzene rings is 1. The molecule has 0 aliphatic carbocycles. The molecule has 1 fully saturated rings. The van der Waals surface area contributed by atoms with Crippen LogP contribution in [0.4, 0.5) is 0 Å². The summed E-state index contributed by atoms with van der Waals surface area (Å²) in [6.07, 6.45) is 1.26. The number of likely N-dealkylation sites (tertiary alicyclic amines) is 1. The number of carboxylic acids is 1. The summed E-state index contributed by atoms with van der Waals surface area (Å²) < 4.78 is 11.2. The van der Waals surface area contributed by atoms with Gasteiger partial charge in [0.05, 0.1) is 20.1 Å². The number of ether oxygens (including phenoxy) is 2. The fourth-order valence-electron chi connectivity index (χ4n) is 2.75. The van der Waals surface area contributed by atoms with E-state index in [0.717, 1.165) is 0 Å². The number of carbonyl (C=O) groups excluding carboxylic acids is 1. The third kappa shape index (κ3) is 3.60. The van der Waals surface area contributed by atoms with E-state index in [4.69, 9.17) is 9.47 Å². The minimum atomic E-state index is -0.860. The quantitative estimate of drug-likeness (QED) is 0.861. The molecule has 2 rings (SSSR count). The molecule has 1 heterocycles. The van der Waals surface area contributed by atoms with Crippen LogP contribution in [0, 0.1) is 5.92 Å². The van der Waals surface area contributed by atoms with Crippen LogP contribution in [0.2, 0.25) is 0 Å². The lowest BCUT2D eigenvalue weighted by molar-refractivity contribution is -0.143. The zero-order valence-electron chi connectivity index (χ0n) is 13.3. The van der Waals surface area contributed by atoms with Crippen molar-refractivity contribution in [1.82, 2.24) is 4.90 Å². The second-order valence-electron chi connectivity index (χ2n) is 5.61. The van der Waals surface area contributed by atoms with Crippen molar-refractivity contribution >= 4 is 27.8 Å². The summed E-state index contributed by atoms with van der Waals surface area (Å²) in [5, 5.41) is 9.21. The van der Waals surface area contributed by atoms with Gasteiger partial charge in [-0.25, -0.2) is 0 Å². The number of hydrogen-bond donors (Lipinski definition) is 1. The third-order valence-electron chi connectivity index (χ3n) is 4.18. The smallest absolute Gasteiger partial charge is 0.308 e. The summed E-state index contributed by atoms with van der Waals surface area (Å²) in [4.78, 5) is 25.7. The molecule has 1 aromatic carbocycles. The van der Waals surface area contributed by atoms with Gasteiger partial charge in [-0.1, -0.05) is 0 Å². The predicted octanol–water partition coefficient (Wildman–Crippen LogP) is 2.79. The number of hydrogen-bond acceptors (Lipinski definition) is 4. The second-order valence-corrected chi connectivity index (χ2v) is 6.41. The first-order valence-corrected chi connectivity index (χ1v) is 8.13. The maximum absolute atomic E-state index is 12.8. The van der Waals surface area contributed by atoms with Gasteiger partial charge < -0.3 is 19.5 Å². The highest BCUT2D eigenvalue weighted by Crippen LogP contribution is 2.36. The first-order valence-electron chi connectivity index (χ1n) is 7.34. The topological polar surface area (TPSA) is 76.1 Å². The molecule has 1 aromatic rings. The molecule has 6 nitrogen and oxygen atoms in total. The number of amides is 1. The van der Waals surface area contributed by atoms with Gasteiger partial charge in [-0.15, -0.1) is 0 Å². The Morgan fingerprint density at radius 3 is 2.26 bits per heavy atom. The van der Waals surface area contributed by atoms with Crippen molar-refractivity contribution < 1.29 is 24.2 Å². The van der Waals surface area contributed by atoms with Crippen molar-refractivity contribution in [1.29, 1.82) is 0 Å². The molecular formula is C16H20BrNO5.